The van der Waals surface area contributed by atoms with Crippen molar-refractivity contribution < 1.29 is 14.0 Å². The lowest BCUT2D eigenvalue weighted by molar-refractivity contribution is -0.140. The topological polar surface area (TPSA) is 35.5 Å². The normalized spacial score (nSPS) is 13.8. The van der Waals surface area contributed by atoms with E-state index in [4.69, 9.17) is 10.8 Å². The van der Waals surface area contributed by atoms with Gasteiger partial charge in [-0.1, -0.05) is 26.7 Å². The van der Waals surface area contributed by atoms with Crippen LogP contribution in [-0.4, -0.2) is 27.5 Å². The lowest BCUT2D eigenvalue weighted by atomic mass is 10.1. The molecular formula is C14H26O3Si. The molecule has 0 radical (unpaired) electrons. The van der Waals surface area contributed by atoms with Gasteiger partial charge in [0.05, 0.1) is 7.11 Å². The lowest BCUT2D eigenvalue weighted by Gasteiger charge is -2.38. The van der Waals surface area contributed by atoms with E-state index >= 15 is 0 Å². The molecule has 0 fully saturated rings. The number of esters is 1. The molecule has 0 spiro atoms. The van der Waals surface area contributed by atoms with Crippen LogP contribution in [0.4, 0.5) is 0 Å². The van der Waals surface area contributed by atoms with E-state index in [1.165, 1.54) is 7.11 Å². The molecule has 1 unspecified atom stereocenters. The van der Waals surface area contributed by atoms with Crippen LogP contribution in [0.1, 0.15) is 40.0 Å². The third-order valence-corrected chi connectivity index (χ3v) is 7.99. The van der Waals surface area contributed by atoms with Crippen LogP contribution in [0.5, 0.6) is 0 Å². The van der Waals surface area contributed by atoms with Crippen molar-refractivity contribution in [2.24, 2.45) is 0 Å². The molecule has 0 bridgehead atoms. The van der Waals surface area contributed by atoms with E-state index in [1.807, 2.05) is 0 Å². The second kappa shape index (κ2) is 6.96. The smallest absolute Gasteiger partial charge is 0.305 e. The van der Waals surface area contributed by atoms with Gasteiger partial charge in [0.2, 0.25) is 0 Å². The minimum Gasteiger partial charge on any atom is -0.469 e. The van der Waals surface area contributed by atoms with Gasteiger partial charge in [0.15, 0.2) is 8.32 Å². The van der Waals surface area contributed by atoms with Gasteiger partial charge in [-0.3, -0.25) is 4.79 Å². The van der Waals surface area contributed by atoms with Crippen molar-refractivity contribution in [1.29, 1.82) is 0 Å². The summed E-state index contributed by atoms with van der Waals surface area (Å²) in [5.74, 6) is 2.49. The highest BCUT2D eigenvalue weighted by Gasteiger charge is 2.38. The van der Waals surface area contributed by atoms with Gasteiger partial charge in [0.25, 0.3) is 0 Å². The second-order valence-corrected chi connectivity index (χ2v) is 10.8. The van der Waals surface area contributed by atoms with Gasteiger partial charge in [-0.15, -0.1) is 6.42 Å². The van der Waals surface area contributed by atoms with Crippen molar-refractivity contribution in [3.8, 4) is 12.3 Å². The summed E-state index contributed by atoms with van der Waals surface area (Å²) in [5, 5.41) is 0.143. The van der Waals surface area contributed by atoms with Gasteiger partial charge >= 0.3 is 5.97 Å². The highest BCUT2D eigenvalue weighted by atomic mass is 28.4. The number of carbonyl (C=O) groups is 1. The molecule has 0 saturated carbocycles. The maximum Gasteiger partial charge on any atom is 0.305 e. The van der Waals surface area contributed by atoms with Crippen molar-refractivity contribution in [2.75, 3.05) is 7.11 Å². The summed E-state index contributed by atoms with van der Waals surface area (Å²) in [4.78, 5) is 11.0. The molecule has 1 atom stereocenters. The Morgan fingerprint density at radius 2 is 1.94 bits per heavy atom. The first-order valence-corrected chi connectivity index (χ1v) is 9.25. The molecule has 0 N–H and O–H groups in total. The Morgan fingerprint density at radius 3 is 2.33 bits per heavy atom. The summed E-state index contributed by atoms with van der Waals surface area (Å²) in [5.41, 5.74) is 0. The van der Waals surface area contributed by atoms with Gasteiger partial charge in [-0.25, -0.2) is 0 Å². The zero-order chi connectivity index (χ0) is 14.4. The predicted molar refractivity (Wildman–Crippen MR) is 76.8 cm³/mol. The van der Waals surface area contributed by atoms with E-state index in [2.05, 4.69) is 44.5 Å². The highest BCUT2D eigenvalue weighted by Crippen LogP contribution is 2.37. The first kappa shape index (κ1) is 17.2. The maximum atomic E-state index is 11.0. The number of terminal acetylenes is 1. The highest BCUT2D eigenvalue weighted by molar-refractivity contribution is 6.74. The Hall–Kier alpha value is -0.793. The Balaban J connectivity index is 4.29. The Kier molecular flexibility index (Phi) is 6.65. The predicted octanol–water partition coefficient (Wildman–Crippen LogP) is 3.35. The molecule has 0 aliphatic heterocycles. The quantitative estimate of drug-likeness (QED) is 0.422. The summed E-state index contributed by atoms with van der Waals surface area (Å²) < 4.78 is 10.7. The molecule has 0 aliphatic carbocycles. The Morgan fingerprint density at radius 1 is 1.39 bits per heavy atom. The molecule has 4 heteroatoms. The first-order chi connectivity index (χ1) is 8.14. The number of carbonyl (C=O) groups excluding carboxylic acids is 1. The van der Waals surface area contributed by atoms with Crippen molar-refractivity contribution in [2.45, 2.75) is 64.3 Å². The van der Waals surface area contributed by atoms with Crippen LogP contribution >= 0.6 is 0 Å². The standard InChI is InChI=1S/C14H26O3Si/c1-8-12(10-9-11-13(15)16-5)17-18(6,7)14(2,3)4/h1,12H,9-11H2,2-7H3. The minimum absolute atomic E-state index is 0.143. The number of hydrogen-bond donors (Lipinski definition) is 0. The van der Waals surface area contributed by atoms with Crippen LogP contribution in [0.15, 0.2) is 0 Å². The van der Waals surface area contributed by atoms with E-state index < -0.39 is 8.32 Å². The van der Waals surface area contributed by atoms with Crippen LogP contribution < -0.4 is 0 Å². The number of rotatable bonds is 6. The minimum atomic E-state index is -1.83. The monoisotopic (exact) mass is 270 g/mol. The number of methoxy groups -OCH3 is 1. The average Bonchev–Trinajstić information content (AvgIpc) is 2.25. The van der Waals surface area contributed by atoms with Crippen molar-refractivity contribution >= 4 is 14.3 Å². The van der Waals surface area contributed by atoms with Gasteiger partial charge in [-0.2, -0.15) is 0 Å². The van der Waals surface area contributed by atoms with E-state index in [9.17, 15) is 4.79 Å². The molecule has 0 rings (SSSR count). The first-order valence-electron chi connectivity index (χ1n) is 6.35. The summed E-state index contributed by atoms with van der Waals surface area (Å²) >= 11 is 0. The van der Waals surface area contributed by atoms with E-state index in [1.54, 1.807) is 0 Å². The van der Waals surface area contributed by atoms with Crippen molar-refractivity contribution in [3.05, 3.63) is 0 Å². The van der Waals surface area contributed by atoms with Crippen molar-refractivity contribution in [3.63, 3.8) is 0 Å². The fourth-order valence-corrected chi connectivity index (χ4v) is 2.49. The van der Waals surface area contributed by atoms with Crippen LogP contribution in [0, 0.1) is 12.3 Å². The molecule has 104 valence electrons. The largest absolute Gasteiger partial charge is 0.469 e. The summed E-state index contributed by atoms with van der Waals surface area (Å²) in [6, 6.07) is 0. The van der Waals surface area contributed by atoms with E-state index in [0.29, 0.717) is 19.3 Å². The third-order valence-electron chi connectivity index (χ3n) is 3.50. The van der Waals surface area contributed by atoms with Gasteiger partial charge < -0.3 is 9.16 Å². The van der Waals surface area contributed by atoms with Crippen molar-refractivity contribution in [1.82, 2.24) is 0 Å². The van der Waals surface area contributed by atoms with E-state index in [0.717, 1.165) is 0 Å². The zero-order valence-electron chi connectivity index (χ0n) is 12.5. The fraction of sp³-hybridized carbons (Fsp3) is 0.786. The Bertz CT molecular complexity index is 310. The second-order valence-electron chi connectivity index (χ2n) is 6.00. The molecular weight excluding hydrogens is 244 g/mol. The molecule has 0 heterocycles. The summed E-state index contributed by atoms with van der Waals surface area (Å²) in [7, 11) is -0.437. The van der Waals surface area contributed by atoms with E-state index in [-0.39, 0.29) is 17.1 Å². The third kappa shape index (κ3) is 5.70. The molecule has 0 saturated heterocycles. The van der Waals surface area contributed by atoms with Crippen LogP contribution in [-0.2, 0) is 14.0 Å². The molecule has 0 aromatic rings. The zero-order valence-corrected chi connectivity index (χ0v) is 13.5. The number of ether oxygens (including phenoxy) is 1. The van der Waals surface area contributed by atoms with Crippen LogP contribution in [0.2, 0.25) is 18.1 Å². The summed E-state index contributed by atoms with van der Waals surface area (Å²) in [6.45, 7) is 10.9. The molecule has 0 amide bonds. The van der Waals surface area contributed by atoms with Gasteiger partial charge in [0, 0.05) is 6.42 Å². The van der Waals surface area contributed by atoms with Crippen LogP contribution in [0.3, 0.4) is 0 Å². The molecule has 0 aromatic carbocycles. The fourth-order valence-electron chi connectivity index (χ4n) is 1.24. The SMILES string of the molecule is C#CC(CCCC(=O)OC)O[Si](C)(C)C(C)(C)C. The summed E-state index contributed by atoms with van der Waals surface area (Å²) in [6.07, 6.45) is 7.11. The van der Waals surface area contributed by atoms with Crippen LogP contribution in [0.25, 0.3) is 0 Å². The maximum absolute atomic E-state index is 11.0. The molecule has 0 aliphatic rings. The lowest BCUT2D eigenvalue weighted by Crippen LogP contribution is -2.43. The Labute approximate surface area is 112 Å². The van der Waals surface area contributed by atoms with Gasteiger partial charge in [0.1, 0.15) is 6.10 Å². The molecule has 18 heavy (non-hydrogen) atoms. The number of hydrogen-bond acceptors (Lipinski definition) is 3. The molecule has 3 nitrogen and oxygen atoms in total. The van der Waals surface area contributed by atoms with Gasteiger partial charge in [-0.05, 0) is 31.0 Å². The molecule has 0 aromatic heterocycles. The average molecular weight is 270 g/mol.